The average Bonchev–Trinajstić information content (AvgIpc) is 2.84. The minimum atomic E-state index is 0.758. The first-order valence-corrected chi connectivity index (χ1v) is 6.99. The van der Waals surface area contributed by atoms with Gasteiger partial charge in [0.05, 0.1) is 0 Å². The molecular weight excluding hydrogens is 270 g/mol. The van der Waals surface area contributed by atoms with E-state index in [0.29, 0.717) is 0 Å². The first-order valence-electron chi connectivity index (χ1n) is 6.61. The molecular formula is C17H16ClNO. The lowest BCUT2D eigenvalue weighted by molar-refractivity contribution is 0.631. The van der Waals surface area contributed by atoms with Crippen LogP contribution < -0.4 is 5.32 Å². The van der Waals surface area contributed by atoms with E-state index < -0.39 is 0 Å². The lowest BCUT2D eigenvalue weighted by Crippen LogP contribution is -2.05. The van der Waals surface area contributed by atoms with E-state index in [1.54, 1.807) is 0 Å². The zero-order valence-electron chi connectivity index (χ0n) is 11.5. The maximum atomic E-state index is 6.30. The molecule has 0 bridgehead atoms. The molecule has 0 unspecified atom stereocenters. The zero-order chi connectivity index (χ0) is 14.1. The van der Waals surface area contributed by atoms with Crippen LogP contribution in [0.1, 0.15) is 11.1 Å². The predicted octanol–water partition coefficient (Wildman–Crippen LogP) is 4.78. The van der Waals surface area contributed by atoms with Crippen LogP contribution in [0.15, 0.2) is 46.9 Å². The Labute approximate surface area is 123 Å². The van der Waals surface area contributed by atoms with Crippen LogP contribution in [0.3, 0.4) is 0 Å². The summed E-state index contributed by atoms with van der Waals surface area (Å²) in [5, 5.41) is 4.98. The third-order valence-electron chi connectivity index (χ3n) is 3.38. The fourth-order valence-electron chi connectivity index (χ4n) is 2.34. The van der Waals surface area contributed by atoms with Crippen molar-refractivity contribution in [2.45, 2.75) is 13.5 Å². The van der Waals surface area contributed by atoms with E-state index in [-0.39, 0.29) is 0 Å². The van der Waals surface area contributed by atoms with E-state index in [9.17, 15) is 0 Å². The summed E-state index contributed by atoms with van der Waals surface area (Å²) in [6.45, 7) is 2.84. The fourth-order valence-corrected chi connectivity index (χ4v) is 2.59. The van der Waals surface area contributed by atoms with Crippen LogP contribution in [0.25, 0.3) is 22.3 Å². The number of hydrogen-bond acceptors (Lipinski definition) is 2. The second-order valence-electron chi connectivity index (χ2n) is 4.99. The molecule has 0 aliphatic heterocycles. The summed E-state index contributed by atoms with van der Waals surface area (Å²) in [5.74, 6) is 0.850. The minimum absolute atomic E-state index is 0.758. The number of halogens is 1. The van der Waals surface area contributed by atoms with Crippen LogP contribution in [0.4, 0.5) is 0 Å². The molecule has 102 valence electrons. The first kappa shape index (κ1) is 13.2. The SMILES string of the molecule is CNCc1ccc(-c2cc3cc(C)ccc3o2)cc1Cl. The maximum absolute atomic E-state index is 6.30. The third-order valence-corrected chi connectivity index (χ3v) is 3.73. The normalized spacial score (nSPS) is 11.2. The highest BCUT2D eigenvalue weighted by Gasteiger charge is 2.08. The lowest BCUT2D eigenvalue weighted by Gasteiger charge is -2.05. The molecule has 0 aliphatic rings. The van der Waals surface area contributed by atoms with E-state index >= 15 is 0 Å². The van der Waals surface area contributed by atoms with Gasteiger partial charge in [-0.2, -0.15) is 0 Å². The Morgan fingerprint density at radius 3 is 2.70 bits per heavy atom. The molecule has 3 rings (SSSR count). The van der Waals surface area contributed by atoms with Crippen molar-refractivity contribution in [1.29, 1.82) is 0 Å². The van der Waals surface area contributed by atoms with Gasteiger partial charge in [-0.15, -0.1) is 0 Å². The number of aryl methyl sites for hydroxylation is 1. The van der Waals surface area contributed by atoms with Gasteiger partial charge in [0.2, 0.25) is 0 Å². The quantitative estimate of drug-likeness (QED) is 0.749. The van der Waals surface area contributed by atoms with Gasteiger partial charge in [0.15, 0.2) is 0 Å². The number of hydrogen-bond donors (Lipinski definition) is 1. The molecule has 1 aromatic heterocycles. The maximum Gasteiger partial charge on any atom is 0.135 e. The van der Waals surface area contributed by atoms with E-state index in [2.05, 4.69) is 30.4 Å². The lowest BCUT2D eigenvalue weighted by atomic mass is 10.1. The van der Waals surface area contributed by atoms with E-state index in [1.165, 1.54) is 5.56 Å². The highest BCUT2D eigenvalue weighted by atomic mass is 35.5. The van der Waals surface area contributed by atoms with Crippen molar-refractivity contribution in [1.82, 2.24) is 5.32 Å². The summed E-state index contributed by atoms with van der Waals surface area (Å²) in [4.78, 5) is 0. The van der Waals surface area contributed by atoms with Crippen molar-refractivity contribution in [2.24, 2.45) is 0 Å². The Bertz CT molecular complexity index is 761. The summed E-state index contributed by atoms with van der Waals surface area (Å²) in [6, 6.07) is 14.3. The van der Waals surface area contributed by atoms with Crippen molar-refractivity contribution in [3.05, 3.63) is 58.6 Å². The molecule has 2 nitrogen and oxygen atoms in total. The van der Waals surface area contributed by atoms with Gasteiger partial charge in [-0.3, -0.25) is 0 Å². The van der Waals surface area contributed by atoms with Crippen LogP contribution in [0.5, 0.6) is 0 Å². The topological polar surface area (TPSA) is 25.2 Å². The first-order chi connectivity index (χ1) is 9.67. The van der Waals surface area contributed by atoms with Crippen LogP contribution in [0, 0.1) is 6.92 Å². The molecule has 1 heterocycles. The molecule has 2 aromatic carbocycles. The summed E-state index contributed by atoms with van der Waals surface area (Å²) in [7, 11) is 1.91. The Hall–Kier alpha value is -1.77. The Morgan fingerprint density at radius 2 is 1.95 bits per heavy atom. The standard InChI is InChI=1S/C17H16ClNO/c1-11-3-6-16-14(7-11)9-17(20-16)12-4-5-13(10-19-2)15(18)8-12/h3-9,19H,10H2,1-2H3. The predicted molar refractivity (Wildman–Crippen MR) is 84.2 cm³/mol. The number of rotatable bonds is 3. The van der Waals surface area contributed by atoms with E-state index in [1.807, 2.05) is 31.3 Å². The Morgan fingerprint density at radius 1 is 1.10 bits per heavy atom. The third kappa shape index (κ3) is 2.45. The van der Waals surface area contributed by atoms with Gasteiger partial charge in [-0.05, 0) is 43.8 Å². The summed E-state index contributed by atoms with van der Waals surface area (Å²) in [5.41, 5.74) is 4.22. The van der Waals surface area contributed by atoms with E-state index in [0.717, 1.165) is 39.4 Å². The summed E-state index contributed by atoms with van der Waals surface area (Å²) < 4.78 is 5.89. The highest BCUT2D eigenvalue weighted by molar-refractivity contribution is 6.31. The van der Waals surface area contributed by atoms with Gasteiger partial charge < -0.3 is 9.73 Å². The Kier molecular flexibility index (Phi) is 3.51. The molecule has 3 aromatic rings. The molecule has 0 atom stereocenters. The number of benzene rings is 2. The molecule has 1 N–H and O–H groups in total. The van der Waals surface area contributed by atoms with Crippen LogP contribution in [-0.2, 0) is 6.54 Å². The molecule has 0 spiro atoms. The molecule has 0 fully saturated rings. The van der Waals surface area contributed by atoms with Crippen molar-refractivity contribution in [3.63, 3.8) is 0 Å². The van der Waals surface area contributed by atoms with Crippen molar-refractivity contribution in [2.75, 3.05) is 7.05 Å². The molecule has 0 saturated carbocycles. The number of fused-ring (bicyclic) bond motifs is 1. The smallest absolute Gasteiger partial charge is 0.135 e. The number of nitrogens with one attached hydrogen (secondary N) is 1. The van der Waals surface area contributed by atoms with Gasteiger partial charge >= 0.3 is 0 Å². The summed E-state index contributed by atoms with van der Waals surface area (Å²) in [6.07, 6.45) is 0. The van der Waals surface area contributed by atoms with Crippen LogP contribution >= 0.6 is 11.6 Å². The monoisotopic (exact) mass is 285 g/mol. The van der Waals surface area contributed by atoms with Gasteiger partial charge in [0, 0.05) is 22.5 Å². The second kappa shape index (κ2) is 5.31. The van der Waals surface area contributed by atoms with Crippen molar-refractivity contribution < 1.29 is 4.42 Å². The van der Waals surface area contributed by atoms with Gasteiger partial charge in [-0.1, -0.05) is 35.4 Å². The van der Waals surface area contributed by atoms with Gasteiger partial charge in [0.1, 0.15) is 11.3 Å². The summed E-state index contributed by atoms with van der Waals surface area (Å²) >= 11 is 6.30. The fraction of sp³-hybridized carbons (Fsp3) is 0.176. The second-order valence-corrected chi connectivity index (χ2v) is 5.40. The zero-order valence-corrected chi connectivity index (χ0v) is 12.3. The largest absolute Gasteiger partial charge is 0.456 e. The van der Waals surface area contributed by atoms with Crippen molar-refractivity contribution >= 4 is 22.6 Å². The highest BCUT2D eigenvalue weighted by Crippen LogP contribution is 2.31. The van der Waals surface area contributed by atoms with Crippen LogP contribution in [-0.4, -0.2) is 7.05 Å². The minimum Gasteiger partial charge on any atom is -0.456 e. The Balaban J connectivity index is 2.04. The molecule has 0 amide bonds. The van der Waals surface area contributed by atoms with Gasteiger partial charge in [-0.25, -0.2) is 0 Å². The average molecular weight is 286 g/mol. The van der Waals surface area contributed by atoms with Crippen molar-refractivity contribution in [3.8, 4) is 11.3 Å². The molecule has 0 aliphatic carbocycles. The molecule has 3 heteroatoms. The van der Waals surface area contributed by atoms with Crippen LogP contribution in [0.2, 0.25) is 5.02 Å². The molecule has 0 radical (unpaired) electrons. The number of furan rings is 1. The molecule has 0 saturated heterocycles. The van der Waals surface area contributed by atoms with E-state index in [4.69, 9.17) is 16.0 Å². The van der Waals surface area contributed by atoms with Gasteiger partial charge in [0.25, 0.3) is 0 Å². The molecule has 20 heavy (non-hydrogen) atoms.